The van der Waals surface area contributed by atoms with Crippen molar-refractivity contribution < 1.29 is 14.3 Å². The second kappa shape index (κ2) is 8.29. The second-order valence-electron chi connectivity index (χ2n) is 6.63. The predicted octanol–water partition coefficient (Wildman–Crippen LogP) is 0.615. The molecule has 0 radical (unpaired) electrons. The highest BCUT2D eigenvalue weighted by Crippen LogP contribution is 2.19. The summed E-state index contributed by atoms with van der Waals surface area (Å²) in [6, 6.07) is 5.90. The minimum absolute atomic E-state index is 0.0155. The smallest absolute Gasteiger partial charge is 0.308 e. The second-order valence-corrected chi connectivity index (χ2v) is 6.63. The molecule has 1 aromatic heterocycles. The van der Waals surface area contributed by atoms with Crippen LogP contribution >= 0.6 is 0 Å². The molecule has 3 rings (SSSR count). The van der Waals surface area contributed by atoms with Gasteiger partial charge in [0.1, 0.15) is 5.82 Å². The largest absolute Gasteiger partial charge is 0.469 e. The molecule has 1 aromatic rings. The van der Waals surface area contributed by atoms with Crippen molar-refractivity contribution in [2.24, 2.45) is 5.92 Å². The van der Waals surface area contributed by atoms with E-state index in [1.165, 1.54) is 7.11 Å². The molecule has 136 valence electrons. The number of methoxy groups -OCH3 is 1. The topological polar surface area (TPSA) is 66.0 Å². The third-order valence-corrected chi connectivity index (χ3v) is 5.09. The number of carbonyl (C=O) groups excluding carboxylic acids is 2. The summed E-state index contributed by atoms with van der Waals surface area (Å²) in [5, 5.41) is 0. The van der Waals surface area contributed by atoms with Gasteiger partial charge in [0.25, 0.3) is 0 Å². The number of carbonyl (C=O) groups is 2. The van der Waals surface area contributed by atoms with Gasteiger partial charge in [-0.1, -0.05) is 6.07 Å². The van der Waals surface area contributed by atoms with Gasteiger partial charge in [-0.3, -0.25) is 14.5 Å². The summed E-state index contributed by atoms with van der Waals surface area (Å²) in [6.07, 6.45) is 3.34. The Morgan fingerprint density at radius 2 is 1.84 bits per heavy atom. The number of esters is 1. The minimum atomic E-state index is -0.128. The summed E-state index contributed by atoms with van der Waals surface area (Å²) in [5.74, 6) is 1.01. The number of ether oxygens (including phenoxy) is 1. The normalized spacial score (nSPS) is 19.7. The lowest BCUT2D eigenvalue weighted by Gasteiger charge is -2.37. The van der Waals surface area contributed by atoms with Crippen molar-refractivity contribution in [1.82, 2.24) is 14.8 Å². The molecule has 0 N–H and O–H groups in total. The number of pyridine rings is 1. The van der Waals surface area contributed by atoms with E-state index in [1.54, 1.807) is 6.20 Å². The maximum absolute atomic E-state index is 12.5. The van der Waals surface area contributed by atoms with Crippen LogP contribution in [0.25, 0.3) is 0 Å². The number of piperazine rings is 1. The van der Waals surface area contributed by atoms with E-state index in [2.05, 4.69) is 14.8 Å². The Balaban J connectivity index is 1.42. The van der Waals surface area contributed by atoms with Crippen LogP contribution in [0.15, 0.2) is 24.4 Å². The molecule has 0 aliphatic carbocycles. The number of likely N-dealkylation sites (tertiary alicyclic amines) is 1. The Labute approximate surface area is 148 Å². The molecule has 2 fully saturated rings. The van der Waals surface area contributed by atoms with Gasteiger partial charge in [0.05, 0.1) is 19.6 Å². The highest BCUT2D eigenvalue weighted by molar-refractivity contribution is 5.78. The SMILES string of the molecule is COC(=O)C1CCN(CC(=O)N2CCN(c3ccccn3)CC2)CC1. The fourth-order valence-electron chi connectivity index (χ4n) is 3.51. The van der Waals surface area contributed by atoms with Crippen LogP contribution in [0.3, 0.4) is 0 Å². The third-order valence-electron chi connectivity index (χ3n) is 5.09. The summed E-state index contributed by atoms with van der Waals surface area (Å²) in [4.78, 5) is 34.8. The average Bonchev–Trinajstić information content (AvgIpc) is 2.68. The van der Waals surface area contributed by atoms with Crippen molar-refractivity contribution in [3.05, 3.63) is 24.4 Å². The van der Waals surface area contributed by atoms with Gasteiger partial charge in [-0.25, -0.2) is 4.98 Å². The first-order valence-corrected chi connectivity index (χ1v) is 8.91. The van der Waals surface area contributed by atoms with Crippen LogP contribution in [-0.4, -0.2) is 79.6 Å². The number of amides is 1. The van der Waals surface area contributed by atoms with Crippen molar-refractivity contribution >= 4 is 17.7 Å². The molecule has 2 aliphatic rings. The zero-order valence-corrected chi connectivity index (χ0v) is 14.8. The summed E-state index contributed by atoms with van der Waals surface area (Å²) in [5.41, 5.74) is 0. The lowest BCUT2D eigenvalue weighted by molar-refractivity contribution is -0.147. The molecule has 0 aromatic carbocycles. The molecular formula is C18H26N4O3. The number of aromatic nitrogens is 1. The van der Waals surface area contributed by atoms with Crippen LogP contribution in [-0.2, 0) is 14.3 Å². The summed E-state index contributed by atoms with van der Waals surface area (Å²) in [6.45, 7) is 5.08. The molecule has 2 aliphatic heterocycles. The minimum Gasteiger partial charge on any atom is -0.469 e. The van der Waals surface area contributed by atoms with Crippen molar-refractivity contribution in [3.8, 4) is 0 Å². The van der Waals surface area contributed by atoms with Crippen molar-refractivity contribution in [2.45, 2.75) is 12.8 Å². The molecule has 0 saturated carbocycles. The van der Waals surface area contributed by atoms with E-state index >= 15 is 0 Å². The van der Waals surface area contributed by atoms with Gasteiger partial charge < -0.3 is 14.5 Å². The number of rotatable bonds is 4. The van der Waals surface area contributed by atoms with Crippen molar-refractivity contribution in [1.29, 1.82) is 0 Å². The molecule has 7 nitrogen and oxygen atoms in total. The molecule has 0 bridgehead atoms. The van der Waals surface area contributed by atoms with Gasteiger partial charge in [0, 0.05) is 32.4 Å². The van der Waals surface area contributed by atoms with E-state index in [9.17, 15) is 9.59 Å². The number of piperidine rings is 1. The molecule has 0 unspecified atom stereocenters. The van der Waals surface area contributed by atoms with Crippen LogP contribution in [0.5, 0.6) is 0 Å². The van der Waals surface area contributed by atoms with Gasteiger partial charge in [0.15, 0.2) is 0 Å². The first-order chi connectivity index (χ1) is 12.2. The van der Waals surface area contributed by atoms with Gasteiger partial charge >= 0.3 is 5.97 Å². The van der Waals surface area contributed by atoms with Crippen LogP contribution in [0.2, 0.25) is 0 Å². The summed E-state index contributed by atoms with van der Waals surface area (Å²) < 4.78 is 4.81. The number of hydrogen-bond acceptors (Lipinski definition) is 6. The molecule has 1 amide bonds. The van der Waals surface area contributed by atoms with E-state index in [-0.39, 0.29) is 17.8 Å². The maximum atomic E-state index is 12.5. The highest BCUT2D eigenvalue weighted by atomic mass is 16.5. The fourth-order valence-corrected chi connectivity index (χ4v) is 3.51. The van der Waals surface area contributed by atoms with E-state index in [0.717, 1.165) is 57.9 Å². The molecule has 0 atom stereocenters. The van der Waals surface area contributed by atoms with Gasteiger partial charge in [0.2, 0.25) is 5.91 Å². The third kappa shape index (κ3) is 4.48. The first kappa shape index (κ1) is 17.7. The van der Waals surface area contributed by atoms with E-state index < -0.39 is 0 Å². The Kier molecular flexibility index (Phi) is 5.86. The van der Waals surface area contributed by atoms with E-state index in [4.69, 9.17) is 4.74 Å². The molecule has 2 saturated heterocycles. The summed E-state index contributed by atoms with van der Waals surface area (Å²) in [7, 11) is 1.43. The average molecular weight is 346 g/mol. The standard InChI is InChI=1S/C18H26N4O3/c1-25-18(24)15-5-8-20(9-6-15)14-17(23)22-12-10-21(11-13-22)16-4-2-3-7-19-16/h2-4,7,15H,5-6,8-14H2,1H3. The lowest BCUT2D eigenvalue weighted by Crippen LogP contribution is -2.52. The predicted molar refractivity (Wildman–Crippen MR) is 94.2 cm³/mol. The Bertz CT molecular complexity index is 579. The van der Waals surface area contributed by atoms with Crippen molar-refractivity contribution in [2.75, 3.05) is 57.8 Å². The quantitative estimate of drug-likeness (QED) is 0.745. The van der Waals surface area contributed by atoms with E-state index in [1.807, 2.05) is 23.1 Å². The Morgan fingerprint density at radius 1 is 1.12 bits per heavy atom. The fraction of sp³-hybridized carbons (Fsp3) is 0.611. The molecule has 25 heavy (non-hydrogen) atoms. The monoisotopic (exact) mass is 346 g/mol. The highest BCUT2D eigenvalue weighted by Gasteiger charge is 2.28. The van der Waals surface area contributed by atoms with Crippen LogP contribution in [0.1, 0.15) is 12.8 Å². The van der Waals surface area contributed by atoms with Gasteiger partial charge in [-0.2, -0.15) is 0 Å². The lowest BCUT2D eigenvalue weighted by atomic mass is 9.97. The summed E-state index contributed by atoms with van der Waals surface area (Å²) >= 11 is 0. The number of anilines is 1. The van der Waals surface area contributed by atoms with Crippen LogP contribution in [0.4, 0.5) is 5.82 Å². The van der Waals surface area contributed by atoms with Crippen molar-refractivity contribution in [3.63, 3.8) is 0 Å². The molecule has 0 spiro atoms. The van der Waals surface area contributed by atoms with Gasteiger partial charge in [-0.05, 0) is 38.1 Å². The molecular weight excluding hydrogens is 320 g/mol. The van der Waals surface area contributed by atoms with E-state index in [0.29, 0.717) is 6.54 Å². The zero-order valence-electron chi connectivity index (χ0n) is 14.8. The maximum Gasteiger partial charge on any atom is 0.308 e. The molecule has 3 heterocycles. The van der Waals surface area contributed by atoms with Crippen LogP contribution in [0, 0.1) is 5.92 Å². The molecule has 7 heteroatoms. The number of nitrogens with zero attached hydrogens (tertiary/aromatic N) is 4. The Hall–Kier alpha value is -2.15. The first-order valence-electron chi connectivity index (χ1n) is 8.91. The van der Waals surface area contributed by atoms with Crippen LogP contribution < -0.4 is 4.90 Å². The Morgan fingerprint density at radius 3 is 2.44 bits per heavy atom. The van der Waals surface area contributed by atoms with Gasteiger partial charge in [-0.15, -0.1) is 0 Å². The number of hydrogen-bond donors (Lipinski definition) is 0. The zero-order chi connectivity index (χ0) is 17.6.